The van der Waals surface area contributed by atoms with Crippen molar-refractivity contribution in [1.29, 1.82) is 0 Å². The predicted octanol–water partition coefficient (Wildman–Crippen LogP) is 4.01. The van der Waals surface area contributed by atoms with Crippen LogP contribution in [0, 0.1) is 0 Å². The van der Waals surface area contributed by atoms with E-state index in [1.165, 1.54) is 7.11 Å². The van der Waals surface area contributed by atoms with Gasteiger partial charge in [0.25, 0.3) is 5.91 Å². The zero-order chi connectivity index (χ0) is 18.5. The lowest BCUT2D eigenvalue weighted by molar-refractivity contribution is -0.142. The molecule has 3 rings (SSSR count). The summed E-state index contributed by atoms with van der Waals surface area (Å²) in [5.74, 6) is -0.845. The second-order valence-electron chi connectivity index (χ2n) is 5.87. The number of fused-ring (bicyclic) bond motifs is 1. The van der Waals surface area contributed by atoms with Crippen molar-refractivity contribution in [3.63, 3.8) is 0 Å². The van der Waals surface area contributed by atoms with Crippen LogP contribution in [0.3, 0.4) is 0 Å². The molecule has 26 heavy (non-hydrogen) atoms. The minimum atomic E-state index is -0.827. The molecule has 3 aromatic rings. The lowest BCUT2D eigenvalue weighted by Crippen LogP contribution is -2.43. The van der Waals surface area contributed by atoms with Crippen molar-refractivity contribution in [2.75, 3.05) is 7.11 Å². The van der Waals surface area contributed by atoms with Gasteiger partial charge in [-0.1, -0.05) is 66.2 Å². The second kappa shape index (κ2) is 8.02. The number of rotatable bonds is 5. The van der Waals surface area contributed by atoms with Gasteiger partial charge in [0.2, 0.25) is 0 Å². The molecule has 3 aromatic carbocycles. The number of hydrogen-bond donors (Lipinski definition) is 1. The topological polar surface area (TPSA) is 55.4 Å². The Hall–Kier alpha value is -2.85. The fourth-order valence-electron chi connectivity index (χ4n) is 2.88. The van der Waals surface area contributed by atoms with E-state index in [0.717, 1.165) is 16.3 Å². The van der Waals surface area contributed by atoms with Crippen molar-refractivity contribution >= 4 is 34.2 Å². The fourth-order valence-corrected chi connectivity index (χ4v) is 3.09. The highest BCUT2D eigenvalue weighted by molar-refractivity contribution is 6.31. The number of hydrogen-bond acceptors (Lipinski definition) is 3. The molecule has 0 heterocycles. The minimum Gasteiger partial charge on any atom is -0.467 e. The molecule has 1 amide bonds. The minimum absolute atomic E-state index is 0.253. The molecule has 0 bridgehead atoms. The maximum Gasteiger partial charge on any atom is 0.328 e. The number of ether oxygens (including phenoxy) is 1. The molecule has 0 saturated carbocycles. The number of benzene rings is 3. The van der Waals surface area contributed by atoms with Gasteiger partial charge in [0.1, 0.15) is 6.04 Å². The highest BCUT2D eigenvalue weighted by atomic mass is 35.5. The maximum atomic E-state index is 12.8. The van der Waals surface area contributed by atoms with Crippen LogP contribution in [0.15, 0.2) is 66.7 Å². The SMILES string of the molecule is COC(=O)[C@@H](Cc1ccccc1Cl)NC(=O)c1cccc2ccccc12. The van der Waals surface area contributed by atoms with Crippen LogP contribution >= 0.6 is 11.6 Å². The molecule has 0 aliphatic heterocycles. The zero-order valence-electron chi connectivity index (χ0n) is 14.2. The third-order valence-electron chi connectivity index (χ3n) is 4.21. The summed E-state index contributed by atoms with van der Waals surface area (Å²) in [4.78, 5) is 25.0. The summed E-state index contributed by atoms with van der Waals surface area (Å²) >= 11 is 6.18. The first kappa shape index (κ1) is 18.0. The summed E-state index contributed by atoms with van der Waals surface area (Å²) in [5, 5.41) is 5.11. The van der Waals surface area contributed by atoms with Gasteiger partial charge in [-0.2, -0.15) is 0 Å². The van der Waals surface area contributed by atoms with Gasteiger partial charge in [0.15, 0.2) is 0 Å². The number of carbonyl (C=O) groups is 2. The van der Waals surface area contributed by atoms with Crippen LogP contribution in [0.25, 0.3) is 10.8 Å². The van der Waals surface area contributed by atoms with Crippen LogP contribution in [-0.2, 0) is 16.0 Å². The van der Waals surface area contributed by atoms with E-state index in [0.29, 0.717) is 10.6 Å². The number of carbonyl (C=O) groups excluding carboxylic acids is 2. The molecule has 0 saturated heterocycles. The van der Waals surface area contributed by atoms with Gasteiger partial charge < -0.3 is 10.1 Å². The highest BCUT2D eigenvalue weighted by Crippen LogP contribution is 2.20. The molecule has 0 radical (unpaired) electrons. The average molecular weight is 368 g/mol. The molecular weight excluding hydrogens is 350 g/mol. The third-order valence-corrected chi connectivity index (χ3v) is 4.58. The summed E-state index contributed by atoms with van der Waals surface area (Å²) < 4.78 is 4.85. The Morgan fingerprint density at radius 1 is 1.00 bits per heavy atom. The van der Waals surface area contributed by atoms with Crippen LogP contribution < -0.4 is 5.32 Å². The monoisotopic (exact) mass is 367 g/mol. The Bertz CT molecular complexity index is 949. The lowest BCUT2D eigenvalue weighted by Gasteiger charge is -2.18. The first-order valence-corrected chi connectivity index (χ1v) is 8.58. The number of esters is 1. The summed E-state index contributed by atoms with van der Waals surface area (Å²) in [5.41, 5.74) is 1.28. The summed E-state index contributed by atoms with van der Waals surface area (Å²) in [7, 11) is 1.30. The van der Waals surface area contributed by atoms with E-state index in [9.17, 15) is 9.59 Å². The molecular formula is C21H18ClNO3. The zero-order valence-corrected chi connectivity index (χ0v) is 15.0. The average Bonchev–Trinajstić information content (AvgIpc) is 2.67. The smallest absolute Gasteiger partial charge is 0.328 e. The number of halogens is 1. The molecule has 4 nitrogen and oxygen atoms in total. The fraction of sp³-hybridized carbons (Fsp3) is 0.143. The van der Waals surface area contributed by atoms with Crippen molar-refractivity contribution < 1.29 is 14.3 Å². The van der Waals surface area contributed by atoms with Gasteiger partial charge in [-0.25, -0.2) is 4.79 Å². The summed E-state index contributed by atoms with van der Waals surface area (Å²) in [6.45, 7) is 0. The second-order valence-corrected chi connectivity index (χ2v) is 6.28. The number of nitrogens with one attached hydrogen (secondary N) is 1. The predicted molar refractivity (Wildman–Crippen MR) is 102 cm³/mol. The van der Waals surface area contributed by atoms with E-state index in [1.54, 1.807) is 12.1 Å². The van der Waals surface area contributed by atoms with Crippen LogP contribution in [0.5, 0.6) is 0 Å². The number of methoxy groups -OCH3 is 1. The molecule has 0 fully saturated rings. The van der Waals surface area contributed by atoms with Crippen molar-refractivity contribution in [3.05, 3.63) is 82.9 Å². The Balaban J connectivity index is 1.88. The molecule has 0 aliphatic carbocycles. The third kappa shape index (κ3) is 3.86. The molecule has 0 aliphatic rings. The molecule has 0 aromatic heterocycles. The standard InChI is InChI=1S/C21H18ClNO3/c1-26-21(25)19(13-15-8-3-5-12-18(15)22)23-20(24)17-11-6-9-14-7-2-4-10-16(14)17/h2-12,19H,13H2,1H3,(H,23,24)/t19-/m1/s1. The van der Waals surface area contributed by atoms with Crippen LogP contribution in [-0.4, -0.2) is 25.0 Å². The van der Waals surface area contributed by atoms with Crippen molar-refractivity contribution in [2.24, 2.45) is 0 Å². The van der Waals surface area contributed by atoms with Crippen LogP contribution in [0.1, 0.15) is 15.9 Å². The van der Waals surface area contributed by atoms with Gasteiger partial charge in [0.05, 0.1) is 7.11 Å². The van der Waals surface area contributed by atoms with E-state index >= 15 is 0 Å². The largest absolute Gasteiger partial charge is 0.467 e. The normalized spacial score (nSPS) is 11.8. The number of amides is 1. The Kier molecular flexibility index (Phi) is 5.54. The Labute approximate surface area is 156 Å². The first-order chi connectivity index (χ1) is 12.6. The Morgan fingerprint density at radius 3 is 2.46 bits per heavy atom. The van der Waals surface area contributed by atoms with Crippen molar-refractivity contribution in [1.82, 2.24) is 5.32 Å². The first-order valence-electron chi connectivity index (χ1n) is 8.20. The van der Waals surface area contributed by atoms with E-state index in [2.05, 4.69) is 5.32 Å². The van der Waals surface area contributed by atoms with Crippen molar-refractivity contribution in [2.45, 2.75) is 12.5 Å². The van der Waals surface area contributed by atoms with Crippen LogP contribution in [0.2, 0.25) is 5.02 Å². The highest BCUT2D eigenvalue weighted by Gasteiger charge is 2.24. The maximum absolute atomic E-state index is 12.8. The van der Waals surface area contributed by atoms with E-state index < -0.39 is 12.0 Å². The van der Waals surface area contributed by atoms with Crippen molar-refractivity contribution in [3.8, 4) is 0 Å². The summed E-state index contributed by atoms with van der Waals surface area (Å²) in [6.07, 6.45) is 0.253. The van der Waals surface area contributed by atoms with Gasteiger partial charge >= 0.3 is 5.97 Å². The molecule has 0 spiro atoms. The quantitative estimate of drug-likeness (QED) is 0.693. The molecule has 1 atom stereocenters. The molecule has 1 N–H and O–H groups in total. The van der Waals surface area contributed by atoms with Gasteiger partial charge in [-0.15, -0.1) is 0 Å². The van der Waals surface area contributed by atoms with E-state index in [-0.39, 0.29) is 12.3 Å². The van der Waals surface area contributed by atoms with E-state index in [1.807, 2.05) is 54.6 Å². The van der Waals surface area contributed by atoms with Gasteiger partial charge in [-0.05, 0) is 28.5 Å². The van der Waals surface area contributed by atoms with Gasteiger partial charge in [-0.3, -0.25) is 4.79 Å². The lowest BCUT2D eigenvalue weighted by atomic mass is 10.0. The summed E-state index contributed by atoms with van der Waals surface area (Å²) in [6, 6.07) is 19.5. The molecule has 0 unspecified atom stereocenters. The van der Waals surface area contributed by atoms with Gasteiger partial charge in [0, 0.05) is 17.0 Å². The van der Waals surface area contributed by atoms with E-state index in [4.69, 9.17) is 16.3 Å². The van der Waals surface area contributed by atoms with Crippen LogP contribution in [0.4, 0.5) is 0 Å². The Morgan fingerprint density at radius 2 is 1.69 bits per heavy atom. The molecule has 5 heteroatoms. The molecule has 132 valence electrons.